The van der Waals surface area contributed by atoms with Crippen molar-refractivity contribution in [3.05, 3.63) is 66.7 Å². The predicted octanol–water partition coefficient (Wildman–Crippen LogP) is 3.73. The molecular formula is C20H17N5O2. The smallest absolute Gasteiger partial charge is 0.323 e. The molecular weight excluding hydrogens is 342 g/mol. The number of nitrogens with two attached hydrogens (primary N) is 2. The van der Waals surface area contributed by atoms with Gasteiger partial charge < -0.3 is 16.6 Å². The van der Waals surface area contributed by atoms with Gasteiger partial charge in [0.2, 0.25) is 0 Å². The number of amides is 2. The minimum absolute atomic E-state index is 0.0532. The van der Waals surface area contributed by atoms with Crippen molar-refractivity contribution in [2.75, 3.05) is 10.6 Å². The number of hydrogen-bond donors (Lipinski definition) is 4. The number of benzene rings is 3. The number of hydrogen-bond acceptors (Lipinski definition) is 4. The first-order valence-electron chi connectivity index (χ1n) is 8.26. The van der Waals surface area contributed by atoms with Crippen LogP contribution in [0.2, 0.25) is 0 Å². The highest BCUT2D eigenvalue weighted by Gasteiger charge is 2.16. The first-order valence-corrected chi connectivity index (χ1v) is 8.26. The van der Waals surface area contributed by atoms with Crippen LogP contribution < -0.4 is 16.4 Å². The molecule has 1 aromatic heterocycles. The summed E-state index contributed by atoms with van der Waals surface area (Å²) in [5.41, 5.74) is 15.3. The average molecular weight is 359 g/mol. The van der Waals surface area contributed by atoms with Crippen molar-refractivity contribution in [1.29, 1.82) is 0 Å². The number of rotatable bonds is 3. The minimum Gasteiger partial charge on any atom is -0.508 e. The van der Waals surface area contributed by atoms with Gasteiger partial charge in [0.05, 0.1) is 22.3 Å². The molecule has 7 nitrogen and oxygen atoms in total. The number of aromatic nitrogens is 2. The Morgan fingerprint density at radius 1 is 1.00 bits per heavy atom. The van der Waals surface area contributed by atoms with Gasteiger partial charge in [0.15, 0.2) is 5.82 Å². The molecule has 0 atom stereocenters. The summed E-state index contributed by atoms with van der Waals surface area (Å²) in [7, 11) is 0. The number of carbonyl (C=O) groups is 1. The van der Waals surface area contributed by atoms with Crippen LogP contribution in [0.25, 0.3) is 22.0 Å². The zero-order valence-electron chi connectivity index (χ0n) is 14.3. The Balaban J connectivity index is 1.76. The second kappa shape index (κ2) is 6.38. The summed E-state index contributed by atoms with van der Waals surface area (Å²) in [5, 5.41) is 17.5. The maximum atomic E-state index is 12.0. The fraction of sp³-hybridized carbons (Fsp3) is 0. The molecule has 27 heavy (non-hydrogen) atoms. The number of nitrogens with zero attached hydrogens (tertiary/aromatic N) is 2. The van der Waals surface area contributed by atoms with Gasteiger partial charge in [-0.3, -0.25) is 10.00 Å². The Kier molecular flexibility index (Phi) is 3.89. The molecule has 0 aliphatic carbocycles. The summed E-state index contributed by atoms with van der Waals surface area (Å²) in [6, 6.07) is 18.9. The van der Waals surface area contributed by atoms with Crippen LogP contribution in [0.5, 0.6) is 5.75 Å². The van der Waals surface area contributed by atoms with Gasteiger partial charge in [0, 0.05) is 6.07 Å². The number of phenols is 1. The van der Waals surface area contributed by atoms with Crippen molar-refractivity contribution in [2.45, 2.75) is 0 Å². The number of anilines is 3. The van der Waals surface area contributed by atoms with E-state index in [1.807, 2.05) is 30.3 Å². The van der Waals surface area contributed by atoms with Crippen LogP contribution in [0.3, 0.4) is 0 Å². The first kappa shape index (κ1) is 16.5. The summed E-state index contributed by atoms with van der Waals surface area (Å²) in [4.78, 5) is 13.3. The van der Waals surface area contributed by atoms with Crippen molar-refractivity contribution < 1.29 is 9.90 Å². The van der Waals surface area contributed by atoms with Crippen molar-refractivity contribution in [2.24, 2.45) is 5.73 Å². The van der Waals surface area contributed by atoms with Crippen LogP contribution in [-0.4, -0.2) is 21.3 Å². The van der Waals surface area contributed by atoms with E-state index >= 15 is 0 Å². The maximum Gasteiger partial charge on any atom is 0.323 e. The molecule has 7 heteroatoms. The van der Waals surface area contributed by atoms with Crippen LogP contribution in [0, 0.1) is 0 Å². The molecule has 134 valence electrons. The number of carbonyl (C=O) groups excluding carboxylic acids is 1. The van der Waals surface area contributed by atoms with Gasteiger partial charge in [-0.15, -0.1) is 0 Å². The Labute approximate surface area is 154 Å². The molecule has 2 amide bonds. The number of H-pyrrole nitrogens is 1. The lowest BCUT2D eigenvalue weighted by molar-refractivity contribution is 0.256. The standard InChI is InChI=1S/C20H17N5O2/c21-19-18-16(5-2-6-17(18)23-24-19)12-7-9-13(10-8-12)25(20(22)27)14-3-1-4-15(26)11-14/h1-11,26H,(H2,22,27)(H3,21,23,24). The normalized spacial score (nSPS) is 10.8. The van der Waals surface area contributed by atoms with Gasteiger partial charge in [0.25, 0.3) is 0 Å². The number of nitrogen functional groups attached to an aromatic ring is 1. The summed E-state index contributed by atoms with van der Waals surface area (Å²) >= 11 is 0. The Morgan fingerprint density at radius 2 is 1.74 bits per heavy atom. The van der Waals surface area contributed by atoms with Gasteiger partial charge in [0.1, 0.15) is 5.75 Å². The van der Waals surface area contributed by atoms with Crippen LogP contribution >= 0.6 is 0 Å². The third-order valence-corrected chi connectivity index (χ3v) is 4.36. The third kappa shape index (κ3) is 2.91. The van der Waals surface area contributed by atoms with E-state index < -0.39 is 6.03 Å². The summed E-state index contributed by atoms with van der Waals surface area (Å²) < 4.78 is 0. The second-order valence-electron chi connectivity index (χ2n) is 6.08. The molecule has 0 unspecified atom stereocenters. The highest BCUT2D eigenvalue weighted by Crippen LogP contribution is 2.34. The molecule has 1 heterocycles. The molecule has 4 rings (SSSR count). The van der Waals surface area contributed by atoms with Crippen molar-refractivity contribution in [3.63, 3.8) is 0 Å². The maximum absolute atomic E-state index is 12.0. The summed E-state index contributed by atoms with van der Waals surface area (Å²) in [5.74, 6) is 0.487. The van der Waals surface area contributed by atoms with Crippen LogP contribution in [0.1, 0.15) is 0 Å². The molecule has 0 spiro atoms. The number of phenolic OH excluding ortho intramolecular Hbond substituents is 1. The van der Waals surface area contributed by atoms with E-state index in [9.17, 15) is 9.90 Å². The second-order valence-corrected chi connectivity index (χ2v) is 6.08. The summed E-state index contributed by atoms with van der Waals surface area (Å²) in [6.07, 6.45) is 0. The molecule has 4 aromatic rings. The van der Waals surface area contributed by atoms with Gasteiger partial charge in [-0.1, -0.05) is 30.3 Å². The number of aromatic amines is 1. The fourth-order valence-electron chi connectivity index (χ4n) is 3.16. The molecule has 0 fully saturated rings. The van der Waals surface area contributed by atoms with Gasteiger partial charge >= 0.3 is 6.03 Å². The predicted molar refractivity (Wildman–Crippen MR) is 106 cm³/mol. The molecule has 0 aliphatic rings. The lowest BCUT2D eigenvalue weighted by Crippen LogP contribution is -2.31. The highest BCUT2D eigenvalue weighted by molar-refractivity contribution is 6.02. The SMILES string of the molecule is NC(=O)N(c1ccc(-c2cccc3[nH]nc(N)c23)cc1)c1cccc(O)c1. The zero-order valence-corrected chi connectivity index (χ0v) is 14.3. The van der Waals surface area contributed by atoms with E-state index in [0.717, 1.165) is 22.0 Å². The Hall–Kier alpha value is -4.00. The van der Waals surface area contributed by atoms with Gasteiger partial charge in [-0.25, -0.2) is 4.79 Å². The van der Waals surface area contributed by atoms with E-state index in [-0.39, 0.29) is 5.75 Å². The number of aromatic hydroxyl groups is 1. The molecule has 0 bridgehead atoms. The molecule has 0 aliphatic heterocycles. The van der Waals surface area contributed by atoms with Crippen LogP contribution in [0.4, 0.5) is 22.0 Å². The molecule has 0 saturated heterocycles. The lowest BCUT2D eigenvalue weighted by Gasteiger charge is -2.21. The van der Waals surface area contributed by atoms with Crippen molar-refractivity contribution >= 4 is 34.1 Å². The van der Waals surface area contributed by atoms with Crippen molar-refractivity contribution in [1.82, 2.24) is 10.2 Å². The largest absolute Gasteiger partial charge is 0.508 e. The third-order valence-electron chi connectivity index (χ3n) is 4.36. The van der Waals surface area contributed by atoms with E-state index in [4.69, 9.17) is 11.5 Å². The quantitative estimate of drug-likeness (QED) is 0.445. The summed E-state index contributed by atoms with van der Waals surface area (Å²) in [6.45, 7) is 0. The molecule has 3 aromatic carbocycles. The number of primary amides is 1. The minimum atomic E-state index is -0.644. The van der Waals surface area contributed by atoms with Gasteiger partial charge in [-0.05, 0) is 41.5 Å². The molecule has 0 radical (unpaired) electrons. The Morgan fingerprint density at radius 3 is 2.44 bits per heavy atom. The van der Waals surface area contributed by atoms with E-state index in [1.54, 1.807) is 24.3 Å². The number of nitrogens with one attached hydrogen (secondary N) is 1. The number of fused-ring (bicyclic) bond motifs is 1. The monoisotopic (exact) mass is 359 g/mol. The topological polar surface area (TPSA) is 121 Å². The zero-order chi connectivity index (χ0) is 19.0. The lowest BCUT2D eigenvalue weighted by atomic mass is 10.0. The van der Waals surface area contributed by atoms with Gasteiger partial charge in [-0.2, -0.15) is 5.10 Å². The fourth-order valence-corrected chi connectivity index (χ4v) is 3.16. The first-order chi connectivity index (χ1) is 13.0. The Bertz CT molecular complexity index is 1130. The highest BCUT2D eigenvalue weighted by atomic mass is 16.3. The van der Waals surface area contributed by atoms with E-state index in [0.29, 0.717) is 17.2 Å². The van der Waals surface area contributed by atoms with E-state index in [1.165, 1.54) is 17.0 Å². The molecule has 0 saturated carbocycles. The van der Waals surface area contributed by atoms with E-state index in [2.05, 4.69) is 10.2 Å². The van der Waals surface area contributed by atoms with Crippen LogP contribution in [0.15, 0.2) is 66.7 Å². The number of urea groups is 1. The van der Waals surface area contributed by atoms with Crippen LogP contribution in [-0.2, 0) is 0 Å². The van der Waals surface area contributed by atoms with Crippen molar-refractivity contribution in [3.8, 4) is 16.9 Å². The average Bonchev–Trinajstić information content (AvgIpc) is 3.04. The molecule has 6 N–H and O–H groups in total.